The van der Waals surface area contributed by atoms with Gasteiger partial charge in [0.25, 0.3) is 0 Å². The Morgan fingerprint density at radius 2 is 1.80 bits per heavy atom. The number of hydrogen-bond donors (Lipinski definition) is 3. The predicted octanol–water partition coefficient (Wildman–Crippen LogP) is 0.483. The lowest BCUT2D eigenvalue weighted by Crippen LogP contribution is -2.33. The van der Waals surface area contributed by atoms with Gasteiger partial charge in [0.15, 0.2) is 0 Å². The molecule has 0 radical (unpaired) electrons. The van der Waals surface area contributed by atoms with Crippen molar-refractivity contribution in [3.05, 3.63) is 0 Å². The quantitative estimate of drug-likeness (QED) is 0.586. The van der Waals surface area contributed by atoms with Crippen molar-refractivity contribution in [3.63, 3.8) is 0 Å². The highest BCUT2D eigenvalue weighted by atomic mass is 32.2. The zero-order valence-corrected chi connectivity index (χ0v) is 10.9. The Bertz CT molecular complexity index is 217. The molecule has 0 saturated carbocycles. The van der Waals surface area contributed by atoms with E-state index in [2.05, 4.69) is 23.1 Å². The second-order valence-electron chi connectivity index (χ2n) is 4.03. The van der Waals surface area contributed by atoms with Crippen LogP contribution in [0.4, 0.5) is 0 Å². The number of nitrogens with one attached hydrogen (secondary N) is 2. The summed E-state index contributed by atoms with van der Waals surface area (Å²) in [6.07, 6.45) is 4.58. The molecule has 0 atom stereocenters. The molecule has 0 spiro atoms. The van der Waals surface area contributed by atoms with Gasteiger partial charge in [0.1, 0.15) is 0 Å². The molecule has 0 aliphatic carbocycles. The zero-order valence-electron chi connectivity index (χ0n) is 9.96. The van der Waals surface area contributed by atoms with Gasteiger partial charge in [-0.2, -0.15) is 0 Å². The average Bonchev–Trinajstić information content (AvgIpc) is 2.14. The lowest BCUT2D eigenvalue weighted by atomic mass is 10.2. The van der Waals surface area contributed by atoms with E-state index in [0.717, 1.165) is 5.88 Å². The maximum absolute atomic E-state index is 11.2. The van der Waals surface area contributed by atoms with Crippen molar-refractivity contribution >= 4 is 22.7 Å². The molecule has 0 rings (SSSR count). The van der Waals surface area contributed by atoms with E-state index in [9.17, 15) is 9.59 Å². The van der Waals surface area contributed by atoms with E-state index in [1.54, 1.807) is 0 Å². The molecule has 0 aromatic rings. The van der Waals surface area contributed by atoms with Crippen LogP contribution in [-0.4, -0.2) is 36.7 Å². The van der Waals surface area contributed by atoms with Gasteiger partial charge in [0, 0.05) is 24.8 Å². The summed E-state index contributed by atoms with van der Waals surface area (Å²) >= 11 is 0. The summed E-state index contributed by atoms with van der Waals surface area (Å²) in [5.41, 5.74) is 0. The van der Waals surface area contributed by atoms with Crippen LogP contribution in [0.2, 0.25) is 0 Å². The molecule has 0 aliphatic heterocycles. The Morgan fingerprint density at radius 3 is 2.27 bits per heavy atom. The number of hydrogen-bond acceptors (Lipinski definition) is 2. The van der Waals surface area contributed by atoms with Gasteiger partial charge >= 0.3 is 0 Å². The van der Waals surface area contributed by atoms with Crippen LogP contribution in [0.25, 0.3) is 0 Å². The van der Waals surface area contributed by atoms with E-state index >= 15 is 0 Å². The fourth-order valence-corrected chi connectivity index (χ4v) is 1.33. The third-order valence-corrected chi connectivity index (χ3v) is 2.56. The highest BCUT2D eigenvalue weighted by Crippen LogP contribution is 2.08. The van der Waals surface area contributed by atoms with Crippen molar-refractivity contribution in [2.75, 3.05) is 24.9 Å². The smallest absolute Gasteiger partial charge is 0.222 e. The number of amides is 2. The van der Waals surface area contributed by atoms with Crippen LogP contribution < -0.4 is 10.6 Å². The molecule has 0 heterocycles. The minimum Gasteiger partial charge on any atom is -0.355 e. The molecule has 0 aliphatic rings. The van der Waals surface area contributed by atoms with Crippen molar-refractivity contribution in [3.8, 4) is 0 Å². The van der Waals surface area contributed by atoms with E-state index in [1.807, 2.05) is 13.8 Å². The molecule has 2 amide bonds. The molecule has 0 aromatic heterocycles. The standard InChI is InChI=1S/C10H22N2O2S/c1-8(2)10(14)11-6-5-9(13)12-7-15(3)4/h8,15H,5-7H2,1-4H3,(H,11,14)(H,12,13). The van der Waals surface area contributed by atoms with Crippen molar-refractivity contribution in [2.45, 2.75) is 20.3 Å². The lowest BCUT2D eigenvalue weighted by Gasteiger charge is -2.11. The predicted molar refractivity (Wildman–Crippen MR) is 66.3 cm³/mol. The van der Waals surface area contributed by atoms with Gasteiger partial charge in [-0.3, -0.25) is 9.59 Å². The first-order chi connectivity index (χ1) is 6.93. The number of thiol groups is 1. The molecule has 2 N–H and O–H groups in total. The van der Waals surface area contributed by atoms with E-state index in [-0.39, 0.29) is 28.6 Å². The molecule has 0 bridgehead atoms. The van der Waals surface area contributed by atoms with E-state index in [1.165, 1.54) is 0 Å². The van der Waals surface area contributed by atoms with E-state index in [4.69, 9.17) is 0 Å². The van der Waals surface area contributed by atoms with Gasteiger partial charge in [0.05, 0.1) is 0 Å². The first kappa shape index (κ1) is 14.3. The highest BCUT2D eigenvalue weighted by Gasteiger charge is 2.06. The van der Waals surface area contributed by atoms with Gasteiger partial charge < -0.3 is 10.6 Å². The van der Waals surface area contributed by atoms with Gasteiger partial charge in [-0.15, -0.1) is 0 Å². The van der Waals surface area contributed by atoms with Crippen LogP contribution >= 0.6 is 10.9 Å². The lowest BCUT2D eigenvalue weighted by molar-refractivity contribution is -0.124. The van der Waals surface area contributed by atoms with Crippen LogP contribution in [0.15, 0.2) is 0 Å². The number of rotatable bonds is 6. The van der Waals surface area contributed by atoms with Gasteiger partial charge in [-0.05, 0) is 12.5 Å². The molecule has 0 saturated heterocycles. The van der Waals surface area contributed by atoms with E-state index in [0.29, 0.717) is 13.0 Å². The first-order valence-electron chi connectivity index (χ1n) is 5.12. The third-order valence-electron chi connectivity index (χ3n) is 1.77. The molecule has 4 nitrogen and oxygen atoms in total. The maximum atomic E-state index is 11.2. The summed E-state index contributed by atoms with van der Waals surface area (Å²) in [6.45, 7) is 4.09. The van der Waals surface area contributed by atoms with Crippen LogP contribution in [0.5, 0.6) is 0 Å². The summed E-state index contributed by atoms with van der Waals surface area (Å²) in [7, 11) is -0.0900. The first-order valence-corrected chi connectivity index (χ1v) is 7.54. The fourth-order valence-electron chi connectivity index (χ4n) is 0.838. The summed E-state index contributed by atoms with van der Waals surface area (Å²) in [5.74, 6) is 0.741. The van der Waals surface area contributed by atoms with Gasteiger partial charge in [-0.1, -0.05) is 13.8 Å². The van der Waals surface area contributed by atoms with Crippen molar-refractivity contribution in [1.29, 1.82) is 0 Å². The molecule has 90 valence electrons. The SMILES string of the molecule is CC(C)C(=O)NCCC(=O)NC[SH](C)C. The second kappa shape index (κ2) is 7.56. The Balaban J connectivity index is 3.51. The third kappa shape index (κ3) is 8.30. The van der Waals surface area contributed by atoms with Crippen LogP contribution in [0.3, 0.4) is 0 Å². The van der Waals surface area contributed by atoms with Crippen molar-refractivity contribution < 1.29 is 9.59 Å². The Hall–Kier alpha value is -0.710. The normalized spacial score (nSPS) is 11.1. The highest BCUT2D eigenvalue weighted by molar-refractivity contribution is 8.15. The summed E-state index contributed by atoms with van der Waals surface area (Å²) < 4.78 is 0. The zero-order chi connectivity index (χ0) is 11.8. The topological polar surface area (TPSA) is 58.2 Å². The van der Waals surface area contributed by atoms with Crippen LogP contribution in [0.1, 0.15) is 20.3 Å². The van der Waals surface area contributed by atoms with E-state index < -0.39 is 0 Å². The van der Waals surface area contributed by atoms with Crippen LogP contribution in [0, 0.1) is 5.92 Å². The van der Waals surface area contributed by atoms with Crippen molar-refractivity contribution in [1.82, 2.24) is 10.6 Å². The molecule has 0 fully saturated rings. The van der Waals surface area contributed by atoms with Gasteiger partial charge in [0.2, 0.25) is 11.8 Å². The number of carbonyl (C=O) groups excluding carboxylic acids is 2. The Labute approximate surface area is 94.5 Å². The number of carbonyl (C=O) groups is 2. The Kier molecular flexibility index (Phi) is 7.21. The average molecular weight is 234 g/mol. The molecule has 0 unspecified atom stereocenters. The van der Waals surface area contributed by atoms with Gasteiger partial charge in [-0.25, -0.2) is 10.9 Å². The second-order valence-corrected chi connectivity index (χ2v) is 6.51. The minimum absolute atomic E-state index is 0.00367. The molecule has 0 aromatic carbocycles. The Morgan fingerprint density at radius 1 is 1.20 bits per heavy atom. The summed E-state index contributed by atoms with van der Waals surface area (Å²) in [5, 5.41) is 5.53. The largest absolute Gasteiger partial charge is 0.355 e. The molecule has 15 heavy (non-hydrogen) atoms. The van der Waals surface area contributed by atoms with Crippen LogP contribution in [-0.2, 0) is 9.59 Å². The molecule has 5 heteroatoms. The molecular formula is C10H22N2O2S. The minimum atomic E-state index is -0.0900. The molecular weight excluding hydrogens is 212 g/mol. The fraction of sp³-hybridized carbons (Fsp3) is 0.800. The monoisotopic (exact) mass is 234 g/mol. The van der Waals surface area contributed by atoms with Crippen molar-refractivity contribution in [2.24, 2.45) is 5.92 Å². The summed E-state index contributed by atoms with van der Waals surface area (Å²) in [4.78, 5) is 22.4. The maximum Gasteiger partial charge on any atom is 0.222 e. The summed E-state index contributed by atoms with van der Waals surface area (Å²) in [6, 6.07) is 0.